The smallest absolute Gasteiger partial charge is 0.284 e. The van der Waals surface area contributed by atoms with E-state index in [-0.39, 0.29) is 24.6 Å². The summed E-state index contributed by atoms with van der Waals surface area (Å²) in [6.07, 6.45) is 5.91. The van der Waals surface area contributed by atoms with Gasteiger partial charge in [0, 0.05) is 35.1 Å². The molecule has 1 aliphatic rings. The number of fused-ring (bicyclic) bond motifs is 1. The van der Waals surface area contributed by atoms with E-state index in [1.165, 1.54) is 12.3 Å². The first-order chi connectivity index (χ1) is 16.4. The van der Waals surface area contributed by atoms with Gasteiger partial charge in [0.25, 0.3) is 11.5 Å². The summed E-state index contributed by atoms with van der Waals surface area (Å²) in [7, 11) is 1.72. The molecule has 3 heterocycles. The zero-order valence-electron chi connectivity index (χ0n) is 18.7. The summed E-state index contributed by atoms with van der Waals surface area (Å²) in [6, 6.07) is 12.0. The van der Waals surface area contributed by atoms with Crippen molar-refractivity contribution in [2.75, 3.05) is 6.61 Å². The minimum atomic E-state index is -1.02. The Balaban J connectivity index is 0.00000289. The molecule has 0 saturated heterocycles. The molecule has 0 fully saturated rings. The van der Waals surface area contributed by atoms with Gasteiger partial charge in [0.15, 0.2) is 0 Å². The number of nitrogens with one attached hydrogen (secondary N) is 1. The highest BCUT2D eigenvalue weighted by molar-refractivity contribution is 6.30. The Morgan fingerprint density at radius 2 is 2.03 bits per heavy atom. The number of aliphatic hydroxyl groups excluding tert-OH is 1. The second kappa shape index (κ2) is 9.61. The number of aromatic nitrogens is 5. The molecule has 0 radical (unpaired) electrons. The quantitative estimate of drug-likeness (QED) is 0.424. The van der Waals surface area contributed by atoms with Gasteiger partial charge < -0.3 is 10.4 Å². The van der Waals surface area contributed by atoms with Crippen molar-refractivity contribution in [1.29, 1.82) is 0 Å². The second-order valence-electron chi connectivity index (χ2n) is 8.23. The van der Waals surface area contributed by atoms with E-state index in [4.69, 9.17) is 11.6 Å². The molecule has 0 spiro atoms. The predicted molar refractivity (Wildman–Crippen MR) is 133 cm³/mol. The third kappa shape index (κ3) is 4.45. The lowest BCUT2D eigenvalue weighted by Gasteiger charge is -2.29. The number of pyridine rings is 1. The van der Waals surface area contributed by atoms with Crippen LogP contribution in [0.25, 0.3) is 16.9 Å². The molecule has 35 heavy (non-hydrogen) atoms. The van der Waals surface area contributed by atoms with Crippen molar-refractivity contribution in [3.63, 3.8) is 0 Å². The maximum atomic E-state index is 13.5. The summed E-state index contributed by atoms with van der Waals surface area (Å²) in [4.78, 5) is 31.2. The van der Waals surface area contributed by atoms with Crippen molar-refractivity contribution < 1.29 is 9.90 Å². The number of carbonyl (C=O) groups is 1. The molecular formula is C24H22Cl2N6O3. The highest BCUT2D eigenvalue weighted by Crippen LogP contribution is 2.35. The molecule has 1 unspecified atom stereocenters. The first kappa shape index (κ1) is 24.6. The lowest BCUT2D eigenvalue weighted by atomic mass is 9.93. The van der Waals surface area contributed by atoms with E-state index in [0.717, 1.165) is 15.9 Å². The van der Waals surface area contributed by atoms with E-state index in [1.807, 2.05) is 6.07 Å². The third-order valence-corrected chi connectivity index (χ3v) is 6.30. The maximum Gasteiger partial charge on any atom is 0.284 e. The second-order valence-corrected chi connectivity index (χ2v) is 8.67. The minimum Gasteiger partial charge on any atom is -0.394 e. The van der Waals surface area contributed by atoms with Crippen LogP contribution in [0.15, 0.2) is 65.8 Å². The van der Waals surface area contributed by atoms with Crippen LogP contribution in [0.2, 0.25) is 5.02 Å². The molecule has 1 aromatic carbocycles. The molecule has 3 aromatic heterocycles. The first-order valence-corrected chi connectivity index (χ1v) is 11.0. The lowest BCUT2D eigenvalue weighted by molar-refractivity contribution is 0.0826. The van der Waals surface area contributed by atoms with Gasteiger partial charge >= 0.3 is 0 Å². The SMILES string of the molecule is Cl.Cn1cc(-n2nc(-c3ccc(Cl)cc3)cc(C(=O)NC3(CO)CCc4ncccc43)c2=O)cn1. The van der Waals surface area contributed by atoms with E-state index in [2.05, 4.69) is 20.5 Å². The van der Waals surface area contributed by atoms with Crippen molar-refractivity contribution in [2.24, 2.45) is 7.05 Å². The number of rotatable bonds is 5. The van der Waals surface area contributed by atoms with Crippen LogP contribution in [0.4, 0.5) is 0 Å². The van der Waals surface area contributed by atoms with Gasteiger partial charge in [-0.15, -0.1) is 12.4 Å². The summed E-state index contributed by atoms with van der Waals surface area (Å²) >= 11 is 6.02. The highest BCUT2D eigenvalue weighted by atomic mass is 35.5. The average Bonchev–Trinajstić information content (AvgIpc) is 3.44. The van der Waals surface area contributed by atoms with Crippen molar-refractivity contribution in [2.45, 2.75) is 18.4 Å². The number of hydrogen-bond donors (Lipinski definition) is 2. The fraction of sp³-hybridized carbons (Fsp3) is 0.208. The zero-order chi connectivity index (χ0) is 23.9. The highest BCUT2D eigenvalue weighted by Gasteiger charge is 2.41. The maximum absolute atomic E-state index is 13.5. The van der Waals surface area contributed by atoms with Gasteiger partial charge in [-0.1, -0.05) is 29.8 Å². The van der Waals surface area contributed by atoms with E-state index >= 15 is 0 Å². The van der Waals surface area contributed by atoms with Crippen LogP contribution in [0.5, 0.6) is 0 Å². The van der Waals surface area contributed by atoms with Crippen LogP contribution in [-0.2, 0) is 19.0 Å². The molecule has 4 aromatic rings. The number of aliphatic hydroxyl groups is 1. The van der Waals surface area contributed by atoms with Gasteiger partial charge in [-0.3, -0.25) is 19.3 Å². The van der Waals surface area contributed by atoms with Crippen LogP contribution in [0.1, 0.15) is 28.0 Å². The number of aryl methyl sites for hydroxylation is 2. The topological polar surface area (TPSA) is 115 Å². The monoisotopic (exact) mass is 512 g/mol. The summed E-state index contributed by atoms with van der Waals surface area (Å²) in [5.41, 5.74) is 1.38. The molecule has 5 rings (SSSR count). The minimum absolute atomic E-state index is 0. The summed E-state index contributed by atoms with van der Waals surface area (Å²) in [6.45, 7) is -0.316. The van der Waals surface area contributed by atoms with Crippen molar-refractivity contribution in [3.05, 3.63) is 93.3 Å². The van der Waals surface area contributed by atoms with Crippen molar-refractivity contribution in [1.82, 2.24) is 29.9 Å². The van der Waals surface area contributed by atoms with E-state index in [9.17, 15) is 14.7 Å². The molecule has 11 heteroatoms. The molecule has 180 valence electrons. The summed E-state index contributed by atoms with van der Waals surface area (Å²) in [5, 5.41) is 22.3. The van der Waals surface area contributed by atoms with Gasteiger partial charge in [-0.25, -0.2) is 0 Å². The van der Waals surface area contributed by atoms with Gasteiger partial charge in [0.05, 0.1) is 30.2 Å². The normalized spacial score (nSPS) is 16.4. The zero-order valence-corrected chi connectivity index (χ0v) is 20.3. The molecule has 2 N–H and O–H groups in total. The standard InChI is InChI=1S/C24H21ClN6O3.ClH/c1-30-13-17(12-27-30)31-23(34)18(11-21(29-31)15-4-6-16(25)7-5-15)22(33)28-24(14-32)9-8-20-19(24)3-2-10-26-20;/h2-7,10-13,32H,8-9,14H2,1H3,(H,28,33);1H. The average molecular weight is 513 g/mol. The van der Waals surface area contributed by atoms with Crippen molar-refractivity contribution in [3.8, 4) is 16.9 Å². The van der Waals surface area contributed by atoms with Crippen LogP contribution >= 0.6 is 24.0 Å². The Labute approximate surface area is 211 Å². The first-order valence-electron chi connectivity index (χ1n) is 10.7. The van der Waals surface area contributed by atoms with Gasteiger partial charge in [-0.2, -0.15) is 14.9 Å². The fourth-order valence-electron chi connectivity index (χ4n) is 4.27. The molecule has 1 atom stereocenters. The Morgan fingerprint density at radius 3 is 2.71 bits per heavy atom. The van der Waals surface area contributed by atoms with Crippen LogP contribution in [0.3, 0.4) is 0 Å². The Kier molecular flexibility index (Phi) is 6.75. The third-order valence-electron chi connectivity index (χ3n) is 6.05. The molecule has 1 amide bonds. The van der Waals surface area contributed by atoms with E-state index < -0.39 is 17.0 Å². The molecule has 9 nitrogen and oxygen atoms in total. The molecule has 1 aliphatic carbocycles. The van der Waals surface area contributed by atoms with Crippen LogP contribution < -0.4 is 10.9 Å². The van der Waals surface area contributed by atoms with Gasteiger partial charge in [0.2, 0.25) is 0 Å². The fourth-order valence-corrected chi connectivity index (χ4v) is 4.40. The Morgan fingerprint density at radius 1 is 1.26 bits per heavy atom. The number of nitrogens with zero attached hydrogens (tertiary/aromatic N) is 5. The van der Waals surface area contributed by atoms with E-state index in [1.54, 1.807) is 54.5 Å². The van der Waals surface area contributed by atoms with Crippen LogP contribution in [-0.4, -0.2) is 42.2 Å². The number of benzene rings is 1. The molecular weight excluding hydrogens is 491 g/mol. The molecule has 0 aliphatic heterocycles. The molecule has 0 bridgehead atoms. The van der Waals surface area contributed by atoms with Gasteiger partial charge in [0.1, 0.15) is 11.3 Å². The lowest BCUT2D eigenvalue weighted by Crippen LogP contribution is -2.48. The van der Waals surface area contributed by atoms with Crippen LogP contribution in [0, 0.1) is 0 Å². The number of carbonyl (C=O) groups excluding carboxylic acids is 1. The van der Waals surface area contributed by atoms with Gasteiger partial charge in [-0.05, 0) is 37.1 Å². The summed E-state index contributed by atoms with van der Waals surface area (Å²) in [5.74, 6) is -0.606. The molecule has 0 saturated carbocycles. The largest absolute Gasteiger partial charge is 0.394 e. The summed E-state index contributed by atoms with van der Waals surface area (Å²) < 4.78 is 2.70. The Hall–Kier alpha value is -3.53. The van der Waals surface area contributed by atoms with E-state index in [0.29, 0.717) is 34.8 Å². The van der Waals surface area contributed by atoms with Crippen molar-refractivity contribution >= 4 is 29.9 Å². The number of amides is 1. The number of halogens is 2. The number of hydrogen-bond acceptors (Lipinski definition) is 6. The predicted octanol–water partition coefficient (Wildman–Crippen LogP) is 2.67. The Bertz CT molecular complexity index is 1450.